The first-order valence-corrected chi connectivity index (χ1v) is 11.5. The monoisotopic (exact) mass is 445 g/mol. The molecule has 2 aliphatic rings. The molecule has 4 heterocycles. The number of para-hydroxylation sites is 1. The maximum absolute atomic E-state index is 12.8. The third-order valence-corrected chi connectivity index (χ3v) is 6.57. The molecule has 1 N–H and O–H groups in total. The molecule has 2 saturated heterocycles. The molecule has 2 aliphatic heterocycles. The molecule has 1 atom stereocenters. The molecule has 2 fully saturated rings. The minimum Gasteiger partial charge on any atom is -0.459 e. The normalized spacial score (nSPS) is 18.9. The van der Waals surface area contributed by atoms with Crippen LogP contribution in [-0.2, 0) is 4.79 Å². The van der Waals surface area contributed by atoms with Crippen LogP contribution in [-0.4, -0.2) is 43.6 Å². The molecule has 170 valence electrons. The van der Waals surface area contributed by atoms with Gasteiger partial charge in [0.25, 0.3) is 5.89 Å². The molecule has 0 spiro atoms. The van der Waals surface area contributed by atoms with E-state index in [4.69, 9.17) is 8.83 Å². The predicted octanol–water partition coefficient (Wildman–Crippen LogP) is 3.67. The third-order valence-electron chi connectivity index (χ3n) is 6.57. The first-order valence-electron chi connectivity index (χ1n) is 11.5. The second-order valence-corrected chi connectivity index (χ2v) is 8.70. The Morgan fingerprint density at radius 2 is 1.88 bits per heavy atom. The number of anilines is 2. The van der Waals surface area contributed by atoms with E-state index in [-0.39, 0.29) is 17.5 Å². The first-order chi connectivity index (χ1) is 16.2. The van der Waals surface area contributed by atoms with Crippen LogP contribution in [0.2, 0.25) is 0 Å². The molecule has 8 nitrogen and oxygen atoms in total. The van der Waals surface area contributed by atoms with Gasteiger partial charge in [0.15, 0.2) is 5.76 Å². The molecular formula is C25H27N5O3. The SMILES string of the molecule is N#Cc1nc(-c2ccco2)oc1N1CCC(C(=O)NCC2CCN(c3ccccc3)C2)CC1. The highest BCUT2D eigenvalue weighted by molar-refractivity contribution is 5.79. The lowest BCUT2D eigenvalue weighted by molar-refractivity contribution is -0.125. The second-order valence-electron chi connectivity index (χ2n) is 8.70. The van der Waals surface area contributed by atoms with Crippen LogP contribution in [0.15, 0.2) is 57.6 Å². The van der Waals surface area contributed by atoms with Gasteiger partial charge in [-0.1, -0.05) is 18.2 Å². The van der Waals surface area contributed by atoms with Gasteiger partial charge in [-0.25, -0.2) is 0 Å². The Morgan fingerprint density at radius 1 is 1.09 bits per heavy atom. The number of piperidine rings is 1. The fourth-order valence-corrected chi connectivity index (χ4v) is 4.71. The van der Waals surface area contributed by atoms with Crippen LogP contribution in [0.4, 0.5) is 11.6 Å². The van der Waals surface area contributed by atoms with Crippen molar-refractivity contribution < 1.29 is 13.6 Å². The summed E-state index contributed by atoms with van der Waals surface area (Å²) < 4.78 is 11.2. The lowest BCUT2D eigenvalue weighted by atomic mass is 9.95. The molecule has 0 aliphatic carbocycles. The van der Waals surface area contributed by atoms with E-state index in [2.05, 4.69) is 45.5 Å². The molecule has 33 heavy (non-hydrogen) atoms. The molecule has 8 heteroatoms. The molecule has 1 amide bonds. The number of nitrogens with zero attached hydrogens (tertiary/aromatic N) is 4. The number of oxazole rings is 1. The fraction of sp³-hybridized carbons (Fsp3) is 0.400. The Hall–Kier alpha value is -3.73. The number of hydrogen-bond acceptors (Lipinski definition) is 7. The number of hydrogen-bond donors (Lipinski definition) is 1. The average molecular weight is 446 g/mol. The fourth-order valence-electron chi connectivity index (χ4n) is 4.71. The van der Waals surface area contributed by atoms with Crippen molar-refractivity contribution in [2.75, 3.05) is 42.5 Å². The van der Waals surface area contributed by atoms with Gasteiger partial charge in [-0.05, 0) is 49.4 Å². The highest BCUT2D eigenvalue weighted by Gasteiger charge is 2.30. The largest absolute Gasteiger partial charge is 0.459 e. The maximum Gasteiger partial charge on any atom is 0.266 e. The number of amides is 1. The molecule has 3 aromatic rings. The lowest BCUT2D eigenvalue weighted by Gasteiger charge is -2.31. The maximum atomic E-state index is 12.8. The van der Waals surface area contributed by atoms with E-state index in [9.17, 15) is 10.1 Å². The van der Waals surface area contributed by atoms with Gasteiger partial charge in [0, 0.05) is 44.3 Å². The summed E-state index contributed by atoms with van der Waals surface area (Å²) in [7, 11) is 0. The zero-order valence-corrected chi connectivity index (χ0v) is 18.4. The summed E-state index contributed by atoms with van der Waals surface area (Å²) in [4.78, 5) is 21.4. The molecule has 1 aromatic carbocycles. The summed E-state index contributed by atoms with van der Waals surface area (Å²) in [5.74, 6) is 1.82. The summed E-state index contributed by atoms with van der Waals surface area (Å²) in [6.07, 6.45) is 4.07. The zero-order valence-electron chi connectivity index (χ0n) is 18.4. The first kappa shape index (κ1) is 21.1. The Labute approximate surface area is 192 Å². The Balaban J connectivity index is 1.11. The standard InChI is InChI=1S/C25H27N5O3/c26-15-21-25(33-24(28-21)22-7-4-14-32-22)29-12-9-19(10-13-29)23(31)27-16-18-8-11-30(17-18)20-5-2-1-3-6-20/h1-7,14,18-19H,8-13,16-17H2,(H,27,31). The molecule has 5 rings (SSSR count). The minimum atomic E-state index is -0.0223. The minimum absolute atomic E-state index is 0.0223. The highest BCUT2D eigenvalue weighted by Crippen LogP contribution is 2.31. The Kier molecular flexibility index (Phi) is 6.03. The summed E-state index contributed by atoms with van der Waals surface area (Å²) in [6, 6.07) is 16.0. The average Bonchev–Trinajstić information content (AvgIpc) is 3.63. The zero-order chi connectivity index (χ0) is 22.6. The van der Waals surface area contributed by atoms with Crippen LogP contribution >= 0.6 is 0 Å². The highest BCUT2D eigenvalue weighted by atomic mass is 16.4. The molecule has 0 saturated carbocycles. The number of benzene rings is 1. The quantitative estimate of drug-likeness (QED) is 0.618. The van der Waals surface area contributed by atoms with Gasteiger partial charge in [0.2, 0.25) is 17.5 Å². The Morgan fingerprint density at radius 3 is 2.61 bits per heavy atom. The molecular weight excluding hydrogens is 418 g/mol. The van der Waals surface area contributed by atoms with E-state index >= 15 is 0 Å². The van der Waals surface area contributed by atoms with Crippen LogP contribution < -0.4 is 15.1 Å². The van der Waals surface area contributed by atoms with Gasteiger partial charge < -0.3 is 24.0 Å². The van der Waals surface area contributed by atoms with Crippen molar-refractivity contribution in [1.29, 1.82) is 5.26 Å². The second kappa shape index (κ2) is 9.41. The van der Waals surface area contributed by atoms with Crippen molar-refractivity contribution in [2.24, 2.45) is 11.8 Å². The van der Waals surface area contributed by atoms with Gasteiger partial charge in [0.1, 0.15) is 6.07 Å². The summed E-state index contributed by atoms with van der Waals surface area (Å²) in [5.41, 5.74) is 1.49. The number of rotatable bonds is 6. The van der Waals surface area contributed by atoms with Gasteiger partial charge in [-0.3, -0.25) is 4.79 Å². The van der Waals surface area contributed by atoms with Crippen LogP contribution in [0.1, 0.15) is 25.0 Å². The molecule has 1 unspecified atom stereocenters. The molecule has 2 aromatic heterocycles. The van der Waals surface area contributed by atoms with Crippen molar-refractivity contribution in [3.05, 3.63) is 54.4 Å². The van der Waals surface area contributed by atoms with Gasteiger partial charge in [-0.15, -0.1) is 0 Å². The van der Waals surface area contributed by atoms with Crippen molar-refractivity contribution >= 4 is 17.5 Å². The van der Waals surface area contributed by atoms with Gasteiger partial charge in [-0.2, -0.15) is 10.2 Å². The molecule has 0 radical (unpaired) electrons. The van der Waals surface area contributed by atoms with E-state index in [1.54, 1.807) is 18.4 Å². The van der Waals surface area contributed by atoms with Crippen molar-refractivity contribution in [3.8, 4) is 17.7 Å². The van der Waals surface area contributed by atoms with Crippen LogP contribution in [0, 0.1) is 23.2 Å². The number of carbonyl (C=O) groups is 1. The van der Waals surface area contributed by atoms with Crippen LogP contribution in [0.5, 0.6) is 0 Å². The topological polar surface area (TPSA) is 98.5 Å². The number of nitriles is 1. The van der Waals surface area contributed by atoms with E-state index < -0.39 is 0 Å². The van der Waals surface area contributed by atoms with Gasteiger partial charge in [0.05, 0.1) is 6.26 Å². The van der Waals surface area contributed by atoms with Crippen molar-refractivity contribution in [2.45, 2.75) is 19.3 Å². The van der Waals surface area contributed by atoms with Crippen molar-refractivity contribution in [1.82, 2.24) is 10.3 Å². The van der Waals surface area contributed by atoms with E-state index in [0.717, 1.165) is 26.1 Å². The van der Waals surface area contributed by atoms with Crippen LogP contribution in [0.3, 0.4) is 0 Å². The van der Waals surface area contributed by atoms with Crippen LogP contribution in [0.25, 0.3) is 11.7 Å². The lowest BCUT2D eigenvalue weighted by Crippen LogP contribution is -2.42. The van der Waals surface area contributed by atoms with Gasteiger partial charge >= 0.3 is 0 Å². The van der Waals surface area contributed by atoms with E-state index in [0.29, 0.717) is 49.4 Å². The molecule has 0 bridgehead atoms. The third kappa shape index (κ3) is 4.58. The number of nitrogens with one attached hydrogen (secondary N) is 1. The summed E-state index contributed by atoms with van der Waals surface area (Å²) in [6.45, 7) is 4.01. The van der Waals surface area contributed by atoms with E-state index in [1.807, 2.05) is 11.0 Å². The summed E-state index contributed by atoms with van der Waals surface area (Å²) in [5, 5.41) is 12.6. The summed E-state index contributed by atoms with van der Waals surface area (Å²) >= 11 is 0. The Bertz CT molecular complexity index is 1110. The van der Waals surface area contributed by atoms with Crippen molar-refractivity contribution in [3.63, 3.8) is 0 Å². The predicted molar refractivity (Wildman–Crippen MR) is 124 cm³/mol. The smallest absolute Gasteiger partial charge is 0.266 e. The van der Waals surface area contributed by atoms with E-state index in [1.165, 1.54) is 5.69 Å². The number of carbonyl (C=O) groups excluding carboxylic acids is 1. The number of aromatic nitrogens is 1. The number of furan rings is 1.